The van der Waals surface area contributed by atoms with Crippen molar-refractivity contribution >= 4 is 0 Å². The van der Waals surface area contributed by atoms with Gasteiger partial charge in [-0.05, 0) is 32.9 Å². The third kappa shape index (κ3) is 6.43. The van der Waals surface area contributed by atoms with E-state index in [1.165, 1.54) is 12.8 Å². The first-order chi connectivity index (χ1) is 7.74. The molecule has 4 heteroatoms. The number of methoxy groups -OCH3 is 1. The largest absolute Gasteiger partial charge is 0.383 e. The van der Waals surface area contributed by atoms with Gasteiger partial charge in [0.2, 0.25) is 0 Å². The molecule has 0 amide bonds. The summed E-state index contributed by atoms with van der Waals surface area (Å²) >= 11 is 0. The van der Waals surface area contributed by atoms with Crippen LogP contribution in [0.4, 0.5) is 0 Å². The van der Waals surface area contributed by atoms with Crippen LogP contribution in [-0.4, -0.2) is 65.1 Å². The predicted molar refractivity (Wildman–Crippen MR) is 65.8 cm³/mol. The standard InChI is InChI=1S/C12H26N2O2/c1-14(2)7-9-16-8-6-13-12(10-15-3)11-4-5-11/h11-13H,4-10H2,1-3H3. The van der Waals surface area contributed by atoms with Crippen LogP contribution >= 0.6 is 0 Å². The van der Waals surface area contributed by atoms with Crippen molar-refractivity contribution in [2.75, 3.05) is 54.1 Å². The maximum atomic E-state index is 5.53. The van der Waals surface area contributed by atoms with Crippen LogP contribution in [0.15, 0.2) is 0 Å². The maximum Gasteiger partial charge on any atom is 0.0618 e. The summed E-state index contributed by atoms with van der Waals surface area (Å²) < 4.78 is 10.7. The van der Waals surface area contributed by atoms with Crippen LogP contribution in [-0.2, 0) is 9.47 Å². The third-order valence-electron chi connectivity index (χ3n) is 2.87. The van der Waals surface area contributed by atoms with Crippen LogP contribution in [0.1, 0.15) is 12.8 Å². The van der Waals surface area contributed by atoms with Crippen molar-refractivity contribution in [2.24, 2.45) is 5.92 Å². The monoisotopic (exact) mass is 230 g/mol. The minimum Gasteiger partial charge on any atom is -0.383 e. The van der Waals surface area contributed by atoms with Crippen LogP contribution in [0.25, 0.3) is 0 Å². The average Bonchev–Trinajstić information content (AvgIpc) is 3.04. The van der Waals surface area contributed by atoms with Gasteiger partial charge in [0.05, 0.1) is 19.8 Å². The SMILES string of the molecule is COCC(NCCOCCN(C)C)C1CC1. The minimum atomic E-state index is 0.530. The average molecular weight is 230 g/mol. The summed E-state index contributed by atoms with van der Waals surface area (Å²) in [5.41, 5.74) is 0. The fourth-order valence-electron chi connectivity index (χ4n) is 1.71. The van der Waals surface area contributed by atoms with Gasteiger partial charge in [0.25, 0.3) is 0 Å². The number of ether oxygens (including phenoxy) is 2. The van der Waals surface area contributed by atoms with Gasteiger partial charge in [-0.15, -0.1) is 0 Å². The van der Waals surface area contributed by atoms with Gasteiger partial charge < -0.3 is 19.7 Å². The first-order valence-electron chi connectivity index (χ1n) is 6.19. The Balaban J connectivity index is 1.92. The number of nitrogens with one attached hydrogen (secondary N) is 1. The van der Waals surface area contributed by atoms with Crippen molar-refractivity contribution in [1.29, 1.82) is 0 Å². The Morgan fingerprint density at radius 3 is 2.62 bits per heavy atom. The van der Waals surface area contributed by atoms with E-state index in [1.807, 2.05) is 0 Å². The van der Waals surface area contributed by atoms with Gasteiger partial charge >= 0.3 is 0 Å². The Bertz CT molecular complexity index is 172. The molecule has 96 valence electrons. The first-order valence-corrected chi connectivity index (χ1v) is 6.19. The molecule has 16 heavy (non-hydrogen) atoms. The number of likely N-dealkylation sites (N-methyl/N-ethyl adjacent to an activating group) is 1. The van der Waals surface area contributed by atoms with E-state index in [2.05, 4.69) is 24.3 Å². The molecular weight excluding hydrogens is 204 g/mol. The van der Waals surface area contributed by atoms with Gasteiger partial charge in [-0.3, -0.25) is 0 Å². The Morgan fingerprint density at radius 2 is 2.06 bits per heavy atom. The molecule has 0 aromatic rings. The lowest BCUT2D eigenvalue weighted by Crippen LogP contribution is -2.37. The van der Waals surface area contributed by atoms with E-state index in [9.17, 15) is 0 Å². The lowest BCUT2D eigenvalue weighted by atomic mass is 10.2. The van der Waals surface area contributed by atoms with Crippen molar-refractivity contribution in [3.63, 3.8) is 0 Å². The van der Waals surface area contributed by atoms with Gasteiger partial charge in [-0.25, -0.2) is 0 Å². The fraction of sp³-hybridized carbons (Fsp3) is 1.00. The molecule has 0 aliphatic heterocycles. The Hall–Kier alpha value is -0.160. The highest BCUT2D eigenvalue weighted by Crippen LogP contribution is 2.32. The molecule has 1 atom stereocenters. The fourth-order valence-corrected chi connectivity index (χ4v) is 1.71. The zero-order valence-corrected chi connectivity index (χ0v) is 10.9. The molecule has 1 N–H and O–H groups in total. The molecule has 0 spiro atoms. The highest BCUT2D eigenvalue weighted by Gasteiger charge is 2.30. The van der Waals surface area contributed by atoms with Crippen LogP contribution in [0.5, 0.6) is 0 Å². The minimum absolute atomic E-state index is 0.530. The second kappa shape index (κ2) is 8.01. The summed E-state index contributed by atoms with van der Waals surface area (Å²) in [4.78, 5) is 2.13. The van der Waals surface area contributed by atoms with E-state index >= 15 is 0 Å². The van der Waals surface area contributed by atoms with Crippen molar-refractivity contribution in [1.82, 2.24) is 10.2 Å². The van der Waals surface area contributed by atoms with E-state index in [-0.39, 0.29) is 0 Å². The summed E-state index contributed by atoms with van der Waals surface area (Å²) in [6, 6.07) is 0.530. The maximum absolute atomic E-state index is 5.53. The van der Waals surface area contributed by atoms with Gasteiger partial charge in [0.1, 0.15) is 0 Å². The second-order valence-electron chi connectivity index (χ2n) is 4.77. The molecule has 0 aromatic carbocycles. The molecule has 0 bridgehead atoms. The number of nitrogens with zero attached hydrogens (tertiary/aromatic N) is 1. The summed E-state index contributed by atoms with van der Waals surface area (Å²) in [6.45, 7) is 4.35. The van der Waals surface area contributed by atoms with E-state index in [4.69, 9.17) is 9.47 Å². The topological polar surface area (TPSA) is 33.7 Å². The Morgan fingerprint density at radius 1 is 1.31 bits per heavy atom. The molecule has 0 radical (unpaired) electrons. The molecule has 0 saturated heterocycles. The summed E-state index contributed by atoms with van der Waals surface area (Å²) in [5, 5.41) is 3.51. The highest BCUT2D eigenvalue weighted by molar-refractivity contribution is 4.86. The smallest absolute Gasteiger partial charge is 0.0618 e. The summed E-state index contributed by atoms with van der Waals surface area (Å²) in [6.07, 6.45) is 2.70. The van der Waals surface area contributed by atoms with Crippen LogP contribution < -0.4 is 5.32 Å². The van der Waals surface area contributed by atoms with E-state index < -0.39 is 0 Å². The lowest BCUT2D eigenvalue weighted by Gasteiger charge is -2.17. The molecule has 1 rings (SSSR count). The Labute approximate surface area is 99.3 Å². The predicted octanol–water partition coefficient (Wildman–Crippen LogP) is 0.579. The molecule has 1 aliphatic rings. The summed E-state index contributed by atoms with van der Waals surface area (Å²) in [7, 11) is 5.89. The number of hydrogen-bond donors (Lipinski definition) is 1. The van der Waals surface area contributed by atoms with Crippen molar-refractivity contribution < 1.29 is 9.47 Å². The van der Waals surface area contributed by atoms with Crippen molar-refractivity contribution in [2.45, 2.75) is 18.9 Å². The number of rotatable bonds is 10. The molecule has 1 aliphatic carbocycles. The molecule has 0 aromatic heterocycles. The zero-order valence-electron chi connectivity index (χ0n) is 10.9. The zero-order chi connectivity index (χ0) is 11.8. The van der Waals surface area contributed by atoms with Crippen LogP contribution in [0.3, 0.4) is 0 Å². The molecule has 4 nitrogen and oxygen atoms in total. The van der Waals surface area contributed by atoms with Crippen LogP contribution in [0.2, 0.25) is 0 Å². The third-order valence-corrected chi connectivity index (χ3v) is 2.87. The molecular formula is C12H26N2O2. The normalized spacial score (nSPS) is 18.0. The molecule has 0 heterocycles. The van der Waals surface area contributed by atoms with Gasteiger partial charge in [-0.2, -0.15) is 0 Å². The van der Waals surface area contributed by atoms with E-state index in [0.29, 0.717) is 6.04 Å². The van der Waals surface area contributed by atoms with E-state index in [1.54, 1.807) is 7.11 Å². The number of hydrogen-bond acceptors (Lipinski definition) is 4. The van der Waals surface area contributed by atoms with Crippen LogP contribution in [0, 0.1) is 5.92 Å². The molecule has 1 saturated carbocycles. The van der Waals surface area contributed by atoms with E-state index in [0.717, 1.165) is 38.8 Å². The summed E-state index contributed by atoms with van der Waals surface area (Å²) in [5.74, 6) is 0.835. The van der Waals surface area contributed by atoms with Gasteiger partial charge in [-0.1, -0.05) is 0 Å². The second-order valence-corrected chi connectivity index (χ2v) is 4.77. The van der Waals surface area contributed by atoms with Gasteiger partial charge in [0, 0.05) is 26.2 Å². The lowest BCUT2D eigenvalue weighted by molar-refractivity contribution is 0.109. The van der Waals surface area contributed by atoms with Crippen molar-refractivity contribution in [3.05, 3.63) is 0 Å². The van der Waals surface area contributed by atoms with Crippen molar-refractivity contribution in [3.8, 4) is 0 Å². The molecule has 1 unspecified atom stereocenters. The van der Waals surface area contributed by atoms with Gasteiger partial charge in [0.15, 0.2) is 0 Å². The Kier molecular flexibility index (Phi) is 6.96. The molecule has 1 fully saturated rings. The quantitative estimate of drug-likeness (QED) is 0.557. The first kappa shape index (κ1) is 13.9. The highest BCUT2D eigenvalue weighted by atomic mass is 16.5.